The molecular formula is C24H18Cl3NO5. The van der Waals surface area contributed by atoms with Crippen LogP contribution in [0.25, 0.3) is 6.08 Å². The first-order valence-corrected chi connectivity index (χ1v) is 10.9. The number of ether oxygens (including phenoxy) is 3. The van der Waals surface area contributed by atoms with Gasteiger partial charge in [0.2, 0.25) is 6.79 Å². The Hall–Kier alpha value is -3.06. The van der Waals surface area contributed by atoms with Gasteiger partial charge in [-0.3, -0.25) is 0 Å². The Morgan fingerprint density at radius 1 is 1.03 bits per heavy atom. The van der Waals surface area contributed by atoms with Gasteiger partial charge >= 0.3 is 5.97 Å². The minimum atomic E-state index is -1.05. The second-order valence-electron chi connectivity index (χ2n) is 7.22. The van der Waals surface area contributed by atoms with E-state index in [1.54, 1.807) is 30.3 Å². The third kappa shape index (κ3) is 5.30. The summed E-state index contributed by atoms with van der Waals surface area (Å²) in [6.45, 7) is 0.247. The van der Waals surface area contributed by atoms with E-state index in [9.17, 15) is 4.79 Å². The normalized spacial score (nSPS) is 12.3. The first kappa shape index (κ1) is 23.1. The fraction of sp³-hybridized carbons (Fsp3) is 0.125. The van der Waals surface area contributed by atoms with Gasteiger partial charge in [-0.05, 0) is 59.5 Å². The van der Waals surface area contributed by atoms with Crippen LogP contribution in [0.5, 0.6) is 17.2 Å². The monoisotopic (exact) mass is 505 g/mol. The van der Waals surface area contributed by atoms with E-state index < -0.39 is 5.97 Å². The maximum absolute atomic E-state index is 11.0. The van der Waals surface area contributed by atoms with Gasteiger partial charge in [0.25, 0.3) is 0 Å². The van der Waals surface area contributed by atoms with Gasteiger partial charge in [0.1, 0.15) is 12.4 Å². The lowest BCUT2D eigenvalue weighted by molar-refractivity contribution is -0.131. The van der Waals surface area contributed by atoms with E-state index in [1.165, 1.54) is 6.08 Å². The lowest BCUT2D eigenvalue weighted by Gasteiger charge is -2.14. The van der Waals surface area contributed by atoms with Crippen LogP contribution in [-0.2, 0) is 17.8 Å². The van der Waals surface area contributed by atoms with Gasteiger partial charge in [0.05, 0.1) is 10.7 Å². The van der Waals surface area contributed by atoms with Gasteiger partial charge in [-0.25, -0.2) is 4.79 Å². The number of hydrogen-bond donors (Lipinski definition) is 2. The van der Waals surface area contributed by atoms with Gasteiger partial charge < -0.3 is 25.1 Å². The summed E-state index contributed by atoms with van der Waals surface area (Å²) in [5.41, 5.74) is 9.16. The summed E-state index contributed by atoms with van der Waals surface area (Å²) in [5.74, 6) is 0.690. The molecule has 3 aromatic rings. The second kappa shape index (κ2) is 9.83. The molecule has 0 amide bonds. The number of rotatable bonds is 7. The van der Waals surface area contributed by atoms with Crippen LogP contribution in [-0.4, -0.2) is 17.9 Å². The SMILES string of the molecule is Nc1ccc(Cl)c(COc2ccc(C=CC(=O)O)c(Cc3cc4c(cc3Cl)OCO4)c2)c1Cl. The molecule has 0 aromatic heterocycles. The number of fused-ring (bicyclic) bond motifs is 1. The van der Waals surface area contributed by atoms with E-state index in [0.29, 0.717) is 55.6 Å². The van der Waals surface area contributed by atoms with Crippen molar-refractivity contribution < 1.29 is 24.1 Å². The Balaban J connectivity index is 1.64. The Morgan fingerprint density at radius 3 is 2.55 bits per heavy atom. The van der Waals surface area contributed by atoms with Crippen LogP contribution >= 0.6 is 34.8 Å². The molecule has 0 aliphatic carbocycles. The molecule has 0 bridgehead atoms. The van der Waals surface area contributed by atoms with E-state index in [-0.39, 0.29) is 13.4 Å². The molecule has 1 aliphatic heterocycles. The number of halogens is 3. The number of benzene rings is 3. The number of carboxylic acid groups (broad SMARTS) is 1. The van der Waals surface area contributed by atoms with Crippen molar-refractivity contribution in [2.75, 3.05) is 12.5 Å². The van der Waals surface area contributed by atoms with Crippen LogP contribution in [0.2, 0.25) is 15.1 Å². The summed E-state index contributed by atoms with van der Waals surface area (Å²) >= 11 is 19.0. The number of carboxylic acids is 1. The van der Waals surface area contributed by atoms with E-state index in [4.69, 9.17) is 59.9 Å². The van der Waals surface area contributed by atoms with E-state index in [1.807, 2.05) is 12.1 Å². The van der Waals surface area contributed by atoms with Crippen LogP contribution < -0.4 is 19.9 Å². The number of aliphatic carboxylic acids is 1. The summed E-state index contributed by atoms with van der Waals surface area (Å²) in [6, 6.07) is 12.1. The molecule has 0 saturated heterocycles. The Labute approximate surface area is 205 Å². The summed E-state index contributed by atoms with van der Waals surface area (Å²) in [7, 11) is 0. The molecule has 33 heavy (non-hydrogen) atoms. The molecule has 1 heterocycles. The smallest absolute Gasteiger partial charge is 0.328 e. The van der Waals surface area contributed by atoms with Gasteiger partial charge in [0.15, 0.2) is 11.5 Å². The standard InChI is InChI=1S/C24H18Cl3NO5/c25-18-4-5-20(28)24(27)17(18)11-31-16-3-1-13(2-6-23(29)30)14(8-16)7-15-9-21-22(10-19(15)26)33-12-32-21/h1-6,8-10H,7,11-12,28H2,(H,29,30). The summed E-state index contributed by atoms with van der Waals surface area (Å²) in [5, 5.41) is 10.3. The molecule has 0 radical (unpaired) electrons. The average molecular weight is 507 g/mol. The number of hydrogen-bond acceptors (Lipinski definition) is 5. The molecule has 3 aromatic carbocycles. The lowest BCUT2D eigenvalue weighted by atomic mass is 9.98. The van der Waals surface area contributed by atoms with Crippen molar-refractivity contribution in [3.8, 4) is 17.2 Å². The first-order valence-electron chi connectivity index (χ1n) is 9.79. The Morgan fingerprint density at radius 2 is 1.79 bits per heavy atom. The molecule has 9 heteroatoms. The summed E-state index contributed by atoms with van der Waals surface area (Å²) in [4.78, 5) is 11.0. The minimum Gasteiger partial charge on any atom is -0.489 e. The van der Waals surface area contributed by atoms with Crippen molar-refractivity contribution in [1.29, 1.82) is 0 Å². The molecule has 0 saturated carbocycles. The Kier molecular flexibility index (Phi) is 6.88. The molecule has 170 valence electrons. The van der Waals surface area contributed by atoms with Crippen LogP contribution in [0, 0.1) is 0 Å². The molecule has 0 unspecified atom stereocenters. The van der Waals surface area contributed by atoms with Crippen molar-refractivity contribution in [2.45, 2.75) is 13.0 Å². The highest BCUT2D eigenvalue weighted by Gasteiger charge is 2.18. The van der Waals surface area contributed by atoms with Crippen molar-refractivity contribution in [2.24, 2.45) is 0 Å². The van der Waals surface area contributed by atoms with Crippen LogP contribution in [0.1, 0.15) is 22.3 Å². The van der Waals surface area contributed by atoms with E-state index in [0.717, 1.165) is 17.2 Å². The number of nitrogen functional groups attached to an aromatic ring is 1. The number of carbonyl (C=O) groups is 1. The molecule has 0 spiro atoms. The zero-order valence-corrected chi connectivity index (χ0v) is 19.4. The third-order valence-corrected chi connectivity index (χ3v) is 6.19. The minimum absolute atomic E-state index is 0.108. The van der Waals surface area contributed by atoms with Crippen LogP contribution in [0.15, 0.2) is 48.5 Å². The van der Waals surface area contributed by atoms with Gasteiger partial charge in [-0.2, -0.15) is 0 Å². The second-order valence-corrected chi connectivity index (χ2v) is 8.42. The van der Waals surface area contributed by atoms with E-state index >= 15 is 0 Å². The van der Waals surface area contributed by atoms with Crippen molar-refractivity contribution in [3.05, 3.63) is 85.9 Å². The zero-order chi connectivity index (χ0) is 23.5. The molecule has 0 fully saturated rings. The zero-order valence-electron chi connectivity index (χ0n) is 17.1. The number of nitrogens with two attached hydrogens (primary N) is 1. The topological polar surface area (TPSA) is 91.0 Å². The van der Waals surface area contributed by atoms with Gasteiger partial charge in [-0.1, -0.05) is 40.9 Å². The summed E-state index contributed by atoms with van der Waals surface area (Å²) < 4.78 is 16.7. The van der Waals surface area contributed by atoms with Crippen molar-refractivity contribution in [3.63, 3.8) is 0 Å². The van der Waals surface area contributed by atoms with Gasteiger partial charge in [-0.15, -0.1) is 0 Å². The largest absolute Gasteiger partial charge is 0.489 e. The summed E-state index contributed by atoms with van der Waals surface area (Å²) in [6.07, 6.45) is 3.01. The molecule has 3 N–H and O–H groups in total. The van der Waals surface area contributed by atoms with E-state index in [2.05, 4.69) is 0 Å². The fourth-order valence-corrected chi connectivity index (χ4v) is 4.05. The predicted octanol–water partition coefficient (Wildman–Crippen LogP) is 6.23. The van der Waals surface area contributed by atoms with Crippen molar-refractivity contribution >= 4 is 52.5 Å². The Bertz CT molecular complexity index is 1260. The molecule has 4 rings (SSSR count). The molecule has 6 nitrogen and oxygen atoms in total. The highest BCUT2D eigenvalue weighted by molar-refractivity contribution is 6.37. The molecular weight excluding hydrogens is 489 g/mol. The van der Waals surface area contributed by atoms with Crippen molar-refractivity contribution in [1.82, 2.24) is 0 Å². The fourth-order valence-electron chi connectivity index (χ4n) is 3.35. The van der Waals surface area contributed by atoms with Crippen LogP contribution in [0.4, 0.5) is 5.69 Å². The predicted molar refractivity (Wildman–Crippen MR) is 129 cm³/mol. The lowest BCUT2D eigenvalue weighted by Crippen LogP contribution is -2.01. The van der Waals surface area contributed by atoms with Crippen LogP contribution in [0.3, 0.4) is 0 Å². The first-order chi connectivity index (χ1) is 15.8. The van der Waals surface area contributed by atoms with Gasteiger partial charge in [0, 0.05) is 27.8 Å². The average Bonchev–Trinajstić information content (AvgIpc) is 3.23. The molecule has 1 aliphatic rings. The quantitative estimate of drug-likeness (QED) is 0.292. The maximum Gasteiger partial charge on any atom is 0.328 e. The maximum atomic E-state index is 11.0. The third-order valence-electron chi connectivity index (χ3n) is 5.04. The molecule has 0 atom stereocenters. The highest BCUT2D eigenvalue weighted by Crippen LogP contribution is 2.38. The highest BCUT2D eigenvalue weighted by atomic mass is 35.5. The number of anilines is 1.